The van der Waals surface area contributed by atoms with Crippen molar-refractivity contribution in [1.82, 2.24) is 10.6 Å². The fraction of sp³-hybridized carbons (Fsp3) is 1.00. The third-order valence-corrected chi connectivity index (χ3v) is 9.10. The molecule has 0 bridgehead atoms. The van der Waals surface area contributed by atoms with Crippen LogP contribution < -0.4 is 10.6 Å². The Hall–Kier alpha value is 0.354. The van der Waals surface area contributed by atoms with Crippen LogP contribution in [0.4, 0.5) is 0 Å². The SMILES string of the molecule is C[Si](C)(C)CCCNCC1CCC(CNCCC[Si](C)(C)C)CC1. The van der Waals surface area contributed by atoms with Gasteiger partial charge in [-0.1, -0.05) is 51.4 Å². The Morgan fingerprint density at radius 2 is 0.958 bits per heavy atom. The molecule has 1 aliphatic rings. The Bertz CT molecular complexity index is 281. The van der Waals surface area contributed by atoms with E-state index in [-0.39, 0.29) is 0 Å². The first kappa shape index (κ1) is 22.4. The molecule has 1 rings (SSSR count). The van der Waals surface area contributed by atoms with E-state index in [1.165, 1.54) is 76.8 Å². The molecule has 4 heteroatoms. The van der Waals surface area contributed by atoms with Gasteiger partial charge in [0.05, 0.1) is 0 Å². The van der Waals surface area contributed by atoms with Gasteiger partial charge >= 0.3 is 0 Å². The van der Waals surface area contributed by atoms with Crippen molar-refractivity contribution in [3.8, 4) is 0 Å². The van der Waals surface area contributed by atoms with Gasteiger partial charge in [-0.3, -0.25) is 0 Å². The van der Waals surface area contributed by atoms with Crippen molar-refractivity contribution >= 4 is 16.1 Å². The Morgan fingerprint density at radius 3 is 1.25 bits per heavy atom. The smallest absolute Gasteiger partial charge is 0.0443 e. The summed E-state index contributed by atoms with van der Waals surface area (Å²) in [7, 11) is -1.66. The van der Waals surface area contributed by atoms with Crippen molar-refractivity contribution in [2.75, 3.05) is 26.2 Å². The first-order chi connectivity index (χ1) is 11.2. The van der Waals surface area contributed by atoms with E-state index in [0.29, 0.717) is 0 Å². The van der Waals surface area contributed by atoms with Gasteiger partial charge in [0.1, 0.15) is 0 Å². The van der Waals surface area contributed by atoms with Crippen LogP contribution in [0, 0.1) is 11.8 Å². The quantitative estimate of drug-likeness (QED) is 0.353. The largest absolute Gasteiger partial charge is 0.316 e. The molecular weight excluding hydrogens is 324 g/mol. The minimum atomic E-state index is -0.830. The lowest BCUT2D eigenvalue weighted by atomic mass is 9.82. The Kier molecular flexibility index (Phi) is 10.4. The monoisotopic (exact) mass is 370 g/mol. The van der Waals surface area contributed by atoms with Gasteiger partial charge in [-0.2, -0.15) is 0 Å². The van der Waals surface area contributed by atoms with Crippen molar-refractivity contribution in [3.05, 3.63) is 0 Å². The van der Waals surface area contributed by atoms with E-state index >= 15 is 0 Å². The lowest BCUT2D eigenvalue weighted by Gasteiger charge is -2.29. The lowest BCUT2D eigenvalue weighted by Crippen LogP contribution is -2.32. The van der Waals surface area contributed by atoms with Gasteiger partial charge < -0.3 is 10.6 Å². The van der Waals surface area contributed by atoms with E-state index in [2.05, 4.69) is 49.9 Å². The molecule has 0 aliphatic heterocycles. The first-order valence-electron chi connectivity index (χ1n) is 10.6. The van der Waals surface area contributed by atoms with E-state index in [1.807, 2.05) is 0 Å². The summed E-state index contributed by atoms with van der Waals surface area (Å²) in [6, 6.07) is 2.94. The van der Waals surface area contributed by atoms with Gasteiger partial charge in [-0.05, 0) is 76.5 Å². The summed E-state index contributed by atoms with van der Waals surface area (Å²) in [6.07, 6.45) is 8.55. The zero-order valence-corrected chi connectivity index (χ0v) is 19.6. The van der Waals surface area contributed by atoms with Crippen molar-refractivity contribution in [2.24, 2.45) is 11.8 Å². The molecule has 1 aliphatic carbocycles. The standard InChI is InChI=1S/C20H46N2Si2/c1-23(2,3)15-7-13-21-17-19-9-11-20(12-10-19)18-22-14-8-16-24(4,5)6/h19-22H,7-18H2,1-6H3. The van der Waals surface area contributed by atoms with E-state index in [0.717, 1.165) is 11.8 Å². The second-order valence-corrected chi connectivity index (χ2v) is 21.9. The number of nitrogens with one attached hydrogen (secondary N) is 2. The lowest BCUT2D eigenvalue weighted by molar-refractivity contribution is 0.262. The van der Waals surface area contributed by atoms with Crippen LogP contribution in [0.1, 0.15) is 38.5 Å². The van der Waals surface area contributed by atoms with Crippen LogP contribution in [0.5, 0.6) is 0 Å². The second-order valence-electron chi connectivity index (χ2n) is 10.6. The van der Waals surface area contributed by atoms with Gasteiger partial charge in [0, 0.05) is 16.1 Å². The van der Waals surface area contributed by atoms with Gasteiger partial charge in [0.25, 0.3) is 0 Å². The van der Waals surface area contributed by atoms with Crippen LogP contribution in [-0.4, -0.2) is 42.3 Å². The fourth-order valence-electron chi connectivity index (χ4n) is 3.74. The number of hydrogen-bond acceptors (Lipinski definition) is 2. The molecule has 0 aromatic carbocycles. The minimum Gasteiger partial charge on any atom is -0.316 e. The molecule has 2 nitrogen and oxygen atoms in total. The zero-order chi connectivity index (χ0) is 18.1. The fourth-order valence-corrected chi connectivity index (χ4v) is 6.21. The molecule has 0 unspecified atom stereocenters. The normalized spacial score (nSPS) is 22.8. The highest BCUT2D eigenvalue weighted by atomic mass is 28.3. The average Bonchev–Trinajstić information content (AvgIpc) is 2.45. The predicted molar refractivity (Wildman–Crippen MR) is 117 cm³/mol. The maximum atomic E-state index is 3.73. The molecule has 1 saturated carbocycles. The molecule has 0 atom stereocenters. The van der Waals surface area contributed by atoms with Crippen molar-refractivity contribution in [1.29, 1.82) is 0 Å². The summed E-state index contributed by atoms with van der Waals surface area (Å²) in [5.74, 6) is 1.89. The molecule has 0 aromatic heterocycles. The van der Waals surface area contributed by atoms with Crippen LogP contribution in [0.3, 0.4) is 0 Å². The highest BCUT2D eigenvalue weighted by Gasteiger charge is 2.20. The molecule has 144 valence electrons. The third kappa shape index (κ3) is 12.7. The van der Waals surface area contributed by atoms with Crippen molar-refractivity contribution in [2.45, 2.75) is 89.9 Å². The second kappa shape index (κ2) is 11.1. The molecule has 0 aromatic rings. The van der Waals surface area contributed by atoms with E-state index in [9.17, 15) is 0 Å². The molecule has 0 heterocycles. The molecule has 0 amide bonds. The molecule has 1 fully saturated rings. The molecule has 0 radical (unpaired) electrons. The van der Waals surface area contributed by atoms with Gasteiger partial charge in [0.15, 0.2) is 0 Å². The molecule has 0 spiro atoms. The topological polar surface area (TPSA) is 24.1 Å². The average molecular weight is 371 g/mol. The highest BCUT2D eigenvalue weighted by Crippen LogP contribution is 2.28. The van der Waals surface area contributed by atoms with Crippen molar-refractivity contribution < 1.29 is 0 Å². The minimum absolute atomic E-state index is 0.830. The van der Waals surface area contributed by atoms with Crippen LogP contribution >= 0.6 is 0 Å². The molecule has 2 N–H and O–H groups in total. The summed E-state index contributed by atoms with van der Waals surface area (Å²) in [5.41, 5.74) is 0. The maximum Gasteiger partial charge on any atom is 0.0443 e. The van der Waals surface area contributed by atoms with Gasteiger partial charge in [-0.15, -0.1) is 0 Å². The van der Waals surface area contributed by atoms with Crippen LogP contribution in [0.15, 0.2) is 0 Å². The van der Waals surface area contributed by atoms with Gasteiger partial charge in [-0.25, -0.2) is 0 Å². The van der Waals surface area contributed by atoms with Crippen LogP contribution in [0.25, 0.3) is 0 Å². The van der Waals surface area contributed by atoms with Crippen LogP contribution in [-0.2, 0) is 0 Å². The highest BCUT2D eigenvalue weighted by molar-refractivity contribution is 6.76. The summed E-state index contributed by atoms with van der Waals surface area (Å²) < 4.78 is 0. The first-order valence-corrected chi connectivity index (χ1v) is 18.0. The number of rotatable bonds is 12. The van der Waals surface area contributed by atoms with Crippen molar-refractivity contribution in [3.63, 3.8) is 0 Å². The summed E-state index contributed by atoms with van der Waals surface area (Å²) in [5, 5.41) is 7.45. The Morgan fingerprint density at radius 1 is 0.625 bits per heavy atom. The van der Waals surface area contributed by atoms with E-state index in [4.69, 9.17) is 0 Å². The molecule has 24 heavy (non-hydrogen) atoms. The van der Waals surface area contributed by atoms with Crippen LogP contribution in [0.2, 0.25) is 51.4 Å². The summed E-state index contributed by atoms with van der Waals surface area (Å²) in [6.45, 7) is 19.9. The summed E-state index contributed by atoms with van der Waals surface area (Å²) >= 11 is 0. The molecular formula is C20H46N2Si2. The number of hydrogen-bond donors (Lipinski definition) is 2. The zero-order valence-electron chi connectivity index (χ0n) is 17.6. The summed E-state index contributed by atoms with van der Waals surface area (Å²) in [4.78, 5) is 0. The van der Waals surface area contributed by atoms with E-state index in [1.54, 1.807) is 0 Å². The van der Waals surface area contributed by atoms with Gasteiger partial charge in [0.2, 0.25) is 0 Å². The predicted octanol–water partition coefficient (Wildman–Crippen LogP) is 5.43. The Balaban J connectivity index is 1.96. The Labute approximate surface area is 155 Å². The van der Waals surface area contributed by atoms with E-state index < -0.39 is 16.1 Å². The third-order valence-electron chi connectivity index (χ3n) is 5.39. The molecule has 0 saturated heterocycles. The maximum absolute atomic E-state index is 3.73.